The van der Waals surface area contributed by atoms with E-state index in [1.165, 1.54) is 0 Å². The first kappa shape index (κ1) is 18.8. The van der Waals surface area contributed by atoms with Gasteiger partial charge in [-0.2, -0.15) is 0 Å². The molecule has 7 nitrogen and oxygen atoms in total. The quantitative estimate of drug-likeness (QED) is 0.699. The average Bonchev–Trinajstić information content (AvgIpc) is 2.97. The van der Waals surface area contributed by atoms with Gasteiger partial charge in [-0.1, -0.05) is 12.1 Å². The van der Waals surface area contributed by atoms with Gasteiger partial charge in [0.05, 0.1) is 23.7 Å². The molecule has 0 unspecified atom stereocenters. The number of carbonyl (C=O) groups excluding carboxylic acids is 1. The van der Waals surface area contributed by atoms with Crippen molar-refractivity contribution in [2.45, 2.75) is 33.4 Å². The Labute approximate surface area is 157 Å². The molecule has 2 aromatic heterocycles. The summed E-state index contributed by atoms with van der Waals surface area (Å²) in [5.41, 5.74) is 2.96. The van der Waals surface area contributed by atoms with Crippen LogP contribution < -0.4 is 10.9 Å². The zero-order valence-corrected chi connectivity index (χ0v) is 16.0. The molecule has 0 fully saturated rings. The lowest BCUT2D eigenvalue weighted by Gasteiger charge is -2.16. The second-order valence-electron chi connectivity index (χ2n) is 6.64. The zero-order valence-electron chi connectivity index (χ0n) is 16.0. The summed E-state index contributed by atoms with van der Waals surface area (Å²) in [5, 5.41) is 2.91. The molecule has 0 aliphatic heterocycles. The third kappa shape index (κ3) is 3.78. The van der Waals surface area contributed by atoms with Crippen molar-refractivity contribution in [1.82, 2.24) is 19.9 Å². The number of benzene rings is 1. The summed E-state index contributed by atoms with van der Waals surface area (Å²) in [4.78, 5) is 32.3. The van der Waals surface area contributed by atoms with Crippen LogP contribution in [-0.4, -0.2) is 34.2 Å². The number of methoxy groups -OCH3 is 1. The van der Waals surface area contributed by atoms with Gasteiger partial charge < -0.3 is 19.6 Å². The molecule has 7 heteroatoms. The summed E-state index contributed by atoms with van der Waals surface area (Å²) in [5.74, 6) is 0.314. The standard InChI is InChI=1S/C20H24N4O3/c1-12-11-13(2)21-19(25)17(12)20(26)22-14(3)18-23-15-7-5-6-8-16(15)24(18)9-10-27-4/h5-8,11,14H,9-10H2,1-4H3,(H,21,25)(H,22,26)/t14-/m0/s1. The number of H-pyrrole nitrogens is 1. The maximum Gasteiger partial charge on any atom is 0.261 e. The number of imidazole rings is 1. The topological polar surface area (TPSA) is 89.0 Å². The molecule has 0 aliphatic carbocycles. The predicted molar refractivity (Wildman–Crippen MR) is 104 cm³/mol. The molecular weight excluding hydrogens is 344 g/mol. The number of ether oxygens (including phenoxy) is 1. The lowest BCUT2D eigenvalue weighted by molar-refractivity contribution is 0.0935. The van der Waals surface area contributed by atoms with Crippen LogP contribution in [0.4, 0.5) is 0 Å². The number of carbonyl (C=O) groups is 1. The van der Waals surface area contributed by atoms with E-state index in [1.54, 1.807) is 27.0 Å². The molecular formula is C20H24N4O3. The van der Waals surface area contributed by atoms with E-state index in [-0.39, 0.29) is 17.2 Å². The van der Waals surface area contributed by atoms with Crippen LogP contribution in [-0.2, 0) is 11.3 Å². The second kappa shape index (κ2) is 7.75. The van der Waals surface area contributed by atoms with Crippen molar-refractivity contribution < 1.29 is 9.53 Å². The van der Waals surface area contributed by atoms with E-state index < -0.39 is 5.91 Å². The van der Waals surface area contributed by atoms with Crippen LogP contribution in [0.3, 0.4) is 0 Å². The summed E-state index contributed by atoms with van der Waals surface area (Å²) >= 11 is 0. The zero-order chi connectivity index (χ0) is 19.6. The van der Waals surface area contributed by atoms with Crippen molar-refractivity contribution in [3.63, 3.8) is 0 Å². The molecule has 3 aromatic rings. The number of hydrogen-bond donors (Lipinski definition) is 2. The Bertz CT molecular complexity index is 1040. The predicted octanol–water partition coefficient (Wildman–Crippen LogP) is 2.48. The van der Waals surface area contributed by atoms with Crippen LogP contribution in [0, 0.1) is 13.8 Å². The van der Waals surface area contributed by atoms with Crippen molar-refractivity contribution in [2.24, 2.45) is 0 Å². The molecule has 27 heavy (non-hydrogen) atoms. The van der Waals surface area contributed by atoms with E-state index in [2.05, 4.69) is 15.3 Å². The van der Waals surface area contributed by atoms with Gasteiger partial charge in [-0.3, -0.25) is 9.59 Å². The van der Waals surface area contributed by atoms with E-state index >= 15 is 0 Å². The Hall–Kier alpha value is -2.93. The number of nitrogens with one attached hydrogen (secondary N) is 2. The van der Waals surface area contributed by atoms with Gasteiger partial charge in [0.1, 0.15) is 11.4 Å². The number of fused-ring (bicyclic) bond motifs is 1. The fourth-order valence-corrected chi connectivity index (χ4v) is 3.31. The highest BCUT2D eigenvalue weighted by Gasteiger charge is 2.21. The monoisotopic (exact) mass is 368 g/mol. The van der Waals surface area contributed by atoms with Crippen LogP contribution in [0.5, 0.6) is 0 Å². The van der Waals surface area contributed by atoms with E-state index in [4.69, 9.17) is 4.74 Å². The van der Waals surface area contributed by atoms with Crippen LogP contribution in [0.2, 0.25) is 0 Å². The Morgan fingerprint density at radius 3 is 2.78 bits per heavy atom. The maximum absolute atomic E-state index is 12.7. The van der Waals surface area contributed by atoms with E-state index in [9.17, 15) is 9.59 Å². The number of aromatic amines is 1. The third-order valence-corrected chi connectivity index (χ3v) is 4.53. The highest BCUT2D eigenvalue weighted by atomic mass is 16.5. The number of hydrogen-bond acceptors (Lipinski definition) is 4. The molecule has 0 aliphatic rings. The van der Waals surface area contributed by atoms with Gasteiger partial charge in [0.2, 0.25) is 0 Å². The fourth-order valence-electron chi connectivity index (χ4n) is 3.31. The molecule has 1 aromatic carbocycles. The van der Waals surface area contributed by atoms with Crippen molar-refractivity contribution in [2.75, 3.05) is 13.7 Å². The van der Waals surface area contributed by atoms with Crippen LogP contribution >= 0.6 is 0 Å². The van der Waals surface area contributed by atoms with E-state index in [0.717, 1.165) is 22.6 Å². The number of nitrogens with zero attached hydrogens (tertiary/aromatic N) is 2. The first-order chi connectivity index (χ1) is 12.9. The molecule has 142 valence electrons. The highest BCUT2D eigenvalue weighted by Crippen LogP contribution is 2.21. The number of pyridine rings is 1. The SMILES string of the molecule is COCCn1c([C@H](C)NC(=O)c2c(C)cc(C)[nH]c2=O)nc2ccccc21. The first-order valence-corrected chi connectivity index (χ1v) is 8.88. The minimum absolute atomic E-state index is 0.131. The number of amides is 1. The Morgan fingerprint density at radius 2 is 2.07 bits per heavy atom. The van der Waals surface area contributed by atoms with Gasteiger partial charge in [0.15, 0.2) is 0 Å². The molecule has 0 bridgehead atoms. The van der Waals surface area contributed by atoms with Crippen LogP contribution in [0.15, 0.2) is 35.1 Å². The summed E-state index contributed by atoms with van der Waals surface area (Å²) in [6.45, 7) is 6.56. The maximum atomic E-state index is 12.7. The van der Waals surface area contributed by atoms with E-state index in [1.807, 2.05) is 35.8 Å². The Kier molecular flexibility index (Phi) is 5.41. The molecule has 1 amide bonds. The van der Waals surface area contributed by atoms with Gasteiger partial charge in [0, 0.05) is 19.3 Å². The summed E-state index contributed by atoms with van der Waals surface area (Å²) in [7, 11) is 1.65. The molecule has 0 saturated carbocycles. The Morgan fingerprint density at radius 1 is 1.33 bits per heavy atom. The molecule has 0 spiro atoms. The molecule has 2 heterocycles. The molecule has 1 atom stereocenters. The van der Waals surface area contributed by atoms with Crippen LogP contribution in [0.1, 0.15) is 40.4 Å². The largest absolute Gasteiger partial charge is 0.383 e. The Balaban J connectivity index is 1.93. The van der Waals surface area contributed by atoms with Crippen molar-refractivity contribution in [3.8, 4) is 0 Å². The van der Waals surface area contributed by atoms with Crippen molar-refractivity contribution in [1.29, 1.82) is 0 Å². The van der Waals surface area contributed by atoms with Gasteiger partial charge in [0.25, 0.3) is 11.5 Å². The molecule has 2 N–H and O–H groups in total. The highest BCUT2D eigenvalue weighted by molar-refractivity contribution is 5.95. The van der Waals surface area contributed by atoms with Gasteiger partial charge in [-0.25, -0.2) is 4.98 Å². The normalized spacial score (nSPS) is 12.3. The summed E-state index contributed by atoms with van der Waals surface area (Å²) < 4.78 is 7.25. The first-order valence-electron chi connectivity index (χ1n) is 8.88. The van der Waals surface area contributed by atoms with Gasteiger partial charge in [-0.15, -0.1) is 0 Å². The van der Waals surface area contributed by atoms with Gasteiger partial charge >= 0.3 is 0 Å². The molecule has 3 rings (SSSR count). The number of aromatic nitrogens is 3. The average molecular weight is 368 g/mol. The minimum atomic E-state index is -0.411. The minimum Gasteiger partial charge on any atom is -0.383 e. The van der Waals surface area contributed by atoms with Gasteiger partial charge in [-0.05, 0) is 44.5 Å². The van der Waals surface area contributed by atoms with Crippen molar-refractivity contribution in [3.05, 3.63) is 63.3 Å². The fraction of sp³-hybridized carbons (Fsp3) is 0.350. The number of rotatable bonds is 6. The molecule has 0 saturated heterocycles. The second-order valence-corrected chi connectivity index (χ2v) is 6.64. The summed E-state index contributed by atoms with van der Waals surface area (Å²) in [6.07, 6.45) is 0. The third-order valence-electron chi connectivity index (χ3n) is 4.53. The smallest absolute Gasteiger partial charge is 0.261 e. The number of aryl methyl sites for hydroxylation is 2. The lowest BCUT2D eigenvalue weighted by atomic mass is 10.1. The van der Waals surface area contributed by atoms with Crippen LogP contribution in [0.25, 0.3) is 11.0 Å². The lowest BCUT2D eigenvalue weighted by Crippen LogP contribution is -2.34. The number of para-hydroxylation sites is 2. The van der Waals surface area contributed by atoms with Crippen molar-refractivity contribution >= 4 is 16.9 Å². The van der Waals surface area contributed by atoms with E-state index in [0.29, 0.717) is 18.7 Å². The summed E-state index contributed by atoms with van der Waals surface area (Å²) in [6, 6.07) is 9.22. The molecule has 0 radical (unpaired) electrons.